The lowest BCUT2D eigenvalue weighted by atomic mass is 9.98. The molecule has 12 heteroatoms. The van der Waals surface area contributed by atoms with E-state index in [0.717, 1.165) is 0 Å². The van der Waals surface area contributed by atoms with E-state index in [-0.39, 0.29) is 59.6 Å². The predicted octanol–water partition coefficient (Wildman–Crippen LogP) is 3.25. The zero-order valence-corrected chi connectivity index (χ0v) is 24.5. The van der Waals surface area contributed by atoms with Crippen LogP contribution in [0, 0.1) is 11.8 Å². The van der Waals surface area contributed by atoms with Crippen molar-refractivity contribution in [2.24, 2.45) is 11.8 Å². The highest BCUT2D eigenvalue weighted by Crippen LogP contribution is 2.32. The number of halogens is 1. The predicted molar refractivity (Wildman–Crippen MR) is 151 cm³/mol. The Morgan fingerprint density at radius 2 is 1.88 bits per heavy atom. The first-order valence-corrected chi connectivity index (χ1v) is 15.2. The number of benzene rings is 2. The van der Waals surface area contributed by atoms with E-state index in [1.54, 1.807) is 30.0 Å². The Hall–Kier alpha value is -2.70. The van der Waals surface area contributed by atoms with Crippen LogP contribution in [0.3, 0.4) is 0 Å². The van der Waals surface area contributed by atoms with Gasteiger partial charge >= 0.3 is 0 Å². The molecule has 0 aromatic heterocycles. The van der Waals surface area contributed by atoms with Crippen LogP contribution in [0.5, 0.6) is 5.75 Å². The minimum Gasteiger partial charge on any atom is -0.488 e. The number of rotatable bonds is 8. The molecule has 4 rings (SSSR count). The zero-order chi connectivity index (χ0) is 29.0. The number of fused-ring (bicyclic) bond motifs is 1. The molecule has 2 aromatic rings. The van der Waals surface area contributed by atoms with Crippen LogP contribution in [0.4, 0.5) is 5.69 Å². The molecule has 2 aromatic carbocycles. The number of amides is 2. The molecule has 10 nitrogen and oxygen atoms in total. The minimum absolute atomic E-state index is 0.0172. The summed E-state index contributed by atoms with van der Waals surface area (Å²) >= 11 is 5.93. The number of hydrogen-bond acceptors (Lipinski definition) is 7. The Bertz CT molecular complexity index is 1320. The third-order valence-corrected chi connectivity index (χ3v) is 9.57. The summed E-state index contributed by atoms with van der Waals surface area (Å²) in [4.78, 5) is 28.1. The van der Waals surface area contributed by atoms with Gasteiger partial charge in [0.1, 0.15) is 11.9 Å². The average molecular weight is 594 g/mol. The number of aliphatic hydroxyl groups is 1. The molecule has 0 radical (unpaired) electrons. The highest BCUT2D eigenvalue weighted by molar-refractivity contribution is 7.89. The second-order valence-electron chi connectivity index (χ2n) is 10.4. The lowest BCUT2D eigenvalue weighted by molar-refractivity contribution is -0.122. The second-order valence-corrected chi connectivity index (χ2v) is 12.9. The van der Waals surface area contributed by atoms with Crippen molar-refractivity contribution in [3.8, 4) is 5.75 Å². The summed E-state index contributed by atoms with van der Waals surface area (Å²) in [6.07, 6.45) is 0.647. The van der Waals surface area contributed by atoms with Crippen LogP contribution in [0.1, 0.15) is 37.0 Å². The fourth-order valence-electron chi connectivity index (χ4n) is 4.86. The van der Waals surface area contributed by atoms with E-state index in [1.165, 1.54) is 35.6 Å². The molecule has 0 aliphatic carbocycles. The molecular formula is C28H36ClN3O7S. The van der Waals surface area contributed by atoms with E-state index in [1.807, 2.05) is 6.92 Å². The normalized spacial score (nSPS) is 21.2. The highest BCUT2D eigenvalue weighted by Gasteiger charge is 2.35. The van der Waals surface area contributed by atoms with Gasteiger partial charge in [-0.1, -0.05) is 18.5 Å². The van der Waals surface area contributed by atoms with Crippen LogP contribution in [0.2, 0.25) is 5.02 Å². The van der Waals surface area contributed by atoms with Gasteiger partial charge in [0.05, 0.1) is 29.7 Å². The number of aliphatic hydroxyl groups excluding tert-OH is 1. The second kappa shape index (κ2) is 12.9. The largest absolute Gasteiger partial charge is 0.488 e. The summed E-state index contributed by atoms with van der Waals surface area (Å²) in [6, 6.07) is 10.3. The molecule has 3 atom stereocenters. The lowest BCUT2D eigenvalue weighted by Gasteiger charge is -2.38. The maximum Gasteiger partial charge on any atom is 0.258 e. The van der Waals surface area contributed by atoms with Gasteiger partial charge in [0.15, 0.2) is 0 Å². The Kier molecular flexibility index (Phi) is 9.73. The van der Waals surface area contributed by atoms with E-state index >= 15 is 0 Å². The third-order valence-electron chi connectivity index (χ3n) is 7.48. The standard InChI is InChI=1S/C28H36ClN3O7S/c1-18-15-32(19(2)17-33)28(35)24-14-22(30-27(34)20-10-12-38-13-11-20)6-9-25(24)39-26(18)16-31(3)40(36,37)23-7-4-21(29)5-8-23/h4-9,14,18-20,26,33H,10-13,15-17H2,1-3H3,(H,30,34)/t18-,19-,26+/m1/s1. The number of sulfonamides is 1. The van der Waals surface area contributed by atoms with Gasteiger partial charge in [-0.15, -0.1) is 0 Å². The zero-order valence-electron chi connectivity index (χ0n) is 22.9. The summed E-state index contributed by atoms with van der Waals surface area (Å²) in [6.45, 7) is 4.70. The first-order valence-electron chi connectivity index (χ1n) is 13.3. The van der Waals surface area contributed by atoms with Crippen molar-refractivity contribution in [1.82, 2.24) is 9.21 Å². The van der Waals surface area contributed by atoms with Crippen molar-refractivity contribution >= 4 is 39.1 Å². The van der Waals surface area contributed by atoms with Crippen LogP contribution in [-0.2, 0) is 19.6 Å². The van der Waals surface area contributed by atoms with Gasteiger partial charge in [-0.05, 0) is 62.2 Å². The van der Waals surface area contributed by atoms with Gasteiger partial charge in [0.2, 0.25) is 15.9 Å². The van der Waals surface area contributed by atoms with Gasteiger partial charge in [0, 0.05) is 49.4 Å². The number of hydrogen-bond donors (Lipinski definition) is 2. The number of anilines is 1. The van der Waals surface area contributed by atoms with Gasteiger partial charge in [-0.3, -0.25) is 9.59 Å². The molecule has 0 unspecified atom stereocenters. The number of carbonyl (C=O) groups excluding carboxylic acids is 2. The molecule has 2 N–H and O–H groups in total. The lowest BCUT2D eigenvalue weighted by Crippen LogP contribution is -2.50. The molecular weight excluding hydrogens is 558 g/mol. The van der Waals surface area contributed by atoms with Crippen molar-refractivity contribution in [3.63, 3.8) is 0 Å². The Morgan fingerprint density at radius 1 is 1.20 bits per heavy atom. The first kappa shape index (κ1) is 30.3. The highest BCUT2D eigenvalue weighted by atomic mass is 35.5. The summed E-state index contributed by atoms with van der Waals surface area (Å²) in [7, 11) is -2.36. The SMILES string of the molecule is C[C@@H]1CN([C@H](C)CO)C(=O)c2cc(NC(=O)C3CCOCC3)ccc2O[C@H]1CN(C)S(=O)(=O)c1ccc(Cl)cc1. The summed E-state index contributed by atoms with van der Waals surface area (Å²) in [5.74, 6) is -0.647. The number of nitrogens with zero attached hydrogens (tertiary/aromatic N) is 2. The van der Waals surface area contributed by atoms with Crippen molar-refractivity contribution in [3.05, 3.63) is 53.1 Å². The summed E-state index contributed by atoms with van der Waals surface area (Å²) in [5.41, 5.74) is 0.682. The van der Waals surface area contributed by atoms with Crippen LogP contribution in [0.15, 0.2) is 47.4 Å². The number of likely N-dealkylation sites (N-methyl/N-ethyl adjacent to an activating group) is 1. The third kappa shape index (κ3) is 6.77. The molecule has 2 amide bonds. The first-order chi connectivity index (χ1) is 19.0. The topological polar surface area (TPSA) is 125 Å². The molecule has 2 heterocycles. The number of carbonyl (C=O) groups is 2. The van der Waals surface area contributed by atoms with Gasteiger partial charge in [0.25, 0.3) is 5.91 Å². The smallest absolute Gasteiger partial charge is 0.258 e. The Morgan fingerprint density at radius 3 is 2.52 bits per heavy atom. The van der Waals surface area contributed by atoms with E-state index in [2.05, 4.69) is 5.32 Å². The van der Waals surface area contributed by atoms with Gasteiger partial charge in [-0.2, -0.15) is 4.31 Å². The van der Waals surface area contributed by atoms with Crippen molar-refractivity contribution in [2.45, 2.75) is 43.7 Å². The molecule has 2 aliphatic rings. The fourth-order valence-corrected chi connectivity index (χ4v) is 6.17. The summed E-state index contributed by atoms with van der Waals surface area (Å²) in [5, 5.41) is 13.2. The monoisotopic (exact) mass is 593 g/mol. The molecule has 0 bridgehead atoms. The maximum atomic E-state index is 13.7. The minimum atomic E-state index is -3.84. The molecule has 0 saturated carbocycles. The molecule has 2 aliphatic heterocycles. The van der Waals surface area contributed by atoms with E-state index in [4.69, 9.17) is 21.1 Å². The Balaban J connectivity index is 1.62. The van der Waals surface area contributed by atoms with Crippen LogP contribution in [0.25, 0.3) is 0 Å². The van der Waals surface area contributed by atoms with E-state index in [0.29, 0.717) is 36.8 Å². The van der Waals surface area contributed by atoms with Crippen molar-refractivity contribution in [2.75, 3.05) is 45.3 Å². The number of nitrogens with one attached hydrogen (secondary N) is 1. The van der Waals surface area contributed by atoms with E-state index in [9.17, 15) is 23.1 Å². The average Bonchev–Trinajstić information content (AvgIpc) is 2.95. The molecule has 218 valence electrons. The van der Waals surface area contributed by atoms with Crippen molar-refractivity contribution < 1.29 is 32.6 Å². The fraction of sp³-hybridized carbons (Fsp3) is 0.500. The molecule has 0 spiro atoms. The maximum absolute atomic E-state index is 13.7. The van der Waals surface area contributed by atoms with Gasteiger partial charge in [-0.25, -0.2) is 8.42 Å². The molecule has 40 heavy (non-hydrogen) atoms. The van der Waals surface area contributed by atoms with Crippen LogP contribution >= 0.6 is 11.6 Å². The molecule has 1 fully saturated rings. The van der Waals surface area contributed by atoms with Crippen LogP contribution < -0.4 is 10.1 Å². The van der Waals surface area contributed by atoms with E-state index < -0.39 is 22.2 Å². The number of ether oxygens (including phenoxy) is 2. The molecule has 1 saturated heterocycles. The van der Waals surface area contributed by atoms with Crippen LogP contribution in [-0.4, -0.2) is 86.6 Å². The quantitative estimate of drug-likeness (QED) is 0.481. The van der Waals surface area contributed by atoms with Gasteiger partial charge < -0.3 is 24.8 Å². The Labute approximate surface area is 240 Å². The summed E-state index contributed by atoms with van der Waals surface area (Å²) < 4.78 is 39.4. The van der Waals surface area contributed by atoms with Crippen molar-refractivity contribution in [1.29, 1.82) is 0 Å².